The number of hydrogen-bond acceptors (Lipinski definition) is 4. The van der Waals surface area contributed by atoms with Crippen LogP contribution in [0.2, 0.25) is 0 Å². The Balaban J connectivity index is 2.10. The average Bonchev–Trinajstić information content (AvgIpc) is 2.77. The van der Waals surface area contributed by atoms with Crippen LogP contribution in [0.5, 0.6) is 0 Å². The molecule has 1 unspecified atom stereocenters. The fourth-order valence-corrected chi connectivity index (χ4v) is 2.81. The molecule has 3 nitrogen and oxygen atoms in total. The van der Waals surface area contributed by atoms with Crippen LogP contribution in [0.3, 0.4) is 0 Å². The monoisotopic (exact) mass is 278 g/mol. The lowest BCUT2D eigenvalue weighted by Gasteiger charge is -2.19. The Labute approximate surface area is 107 Å². The molecule has 0 aromatic heterocycles. The van der Waals surface area contributed by atoms with Crippen molar-refractivity contribution in [2.45, 2.75) is 11.6 Å². The summed E-state index contributed by atoms with van der Waals surface area (Å²) >= 11 is 1.59. The Morgan fingerprint density at radius 1 is 1.44 bits per heavy atom. The van der Waals surface area contributed by atoms with Crippen LogP contribution in [-0.2, 0) is 11.0 Å². The van der Waals surface area contributed by atoms with Crippen LogP contribution < -0.4 is 10.4 Å². The lowest BCUT2D eigenvalue weighted by atomic mass is 10.2. The summed E-state index contributed by atoms with van der Waals surface area (Å²) in [6.07, 6.45) is -4.30. The van der Waals surface area contributed by atoms with Crippen LogP contribution in [-0.4, -0.2) is 24.9 Å². The van der Waals surface area contributed by atoms with E-state index in [0.717, 1.165) is 6.07 Å². The van der Waals surface area contributed by atoms with E-state index in [0.29, 0.717) is 18.1 Å². The van der Waals surface area contributed by atoms with E-state index in [1.807, 2.05) is 4.90 Å². The lowest BCUT2D eigenvalue weighted by molar-refractivity contribution is -0.137. The number of anilines is 1. The van der Waals surface area contributed by atoms with Crippen molar-refractivity contribution in [3.05, 3.63) is 29.8 Å². The van der Waals surface area contributed by atoms with Crippen molar-refractivity contribution in [1.29, 1.82) is 0 Å². The van der Waals surface area contributed by atoms with Crippen molar-refractivity contribution in [1.82, 2.24) is 5.48 Å². The second kappa shape index (κ2) is 5.38. The highest BCUT2D eigenvalue weighted by Crippen LogP contribution is 2.33. The summed E-state index contributed by atoms with van der Waals surface area (Å²) in [5, 5.41) is 0.0737. The van der Waals surface area contributed by atoms with Crippen molar-refractivity contribution in [2.24, 2.45) is 0 Å². The number of thioether (sulfide) groups is 1. The highest BCUT2D eigenvalue weighted by atomic mass is 32.2. The minimum absolute atomic E-state index is 0.0737. The van der Waals surface area contributed by atoms with Crippen molar-refractivity contribution >= 4 is 17.4 Å². The Kier molecular flexibility index (Phi) is 4.04. The second-order valence-corrected chi connectivity index (χ2v) is 5.04. The Morgan fingerprint density at radius 2 is 2.22 bits per heavy atom. The summed E-state index contributed by atoms with van der Waals surface area (Å²) in [4.78, 5) is 6.70. The maximum atomic E-state index is 12.6. The molecule has 1 aliphatic rings. The molecular formula is C11H13F3N2OS. The lowest BCUT2D eigenvalue weighted by Crippen LogP contribution is -2.30. The van der Waals surface area contributed by atoms with E-state index in [4.69, 9.17) is 4.84 Å². The molecule has 1 aliphatic heterocycles. The largest absolute Gasteiger partial charge is 0.416 e. The van der Waals surface area contributed by atoms with Gasteiger partial charge < -0.3 is 9.74 Å². The summed E-state index contributed by atoms with van der Waals surface area (Å²) in [5.74, 6) is 0.641. The van der Waals surface area contributed by atoms with E-state index in [-0.39, 0.29) is 5.37 Å². The fourth-order valence-electron chi connectivity index (χ4n) is 1.75. The third-order valence-corrected chi connectivity index (χ3v) is 3.71. The minimum Gasteiger partial charge on any atom is -0.360 e. The first kappa shape index (κ1) is 13.5. The Bertz CT molecular complexity index is 414. The summed E-state index contributed by atoms with van der Waals surface area (Å²) in [7, 11) is 1.52. The molecule has 0 aliphatic carbocycles. The number of nitrogens with zero attached hydrogens (tertiary/aromatic N) is 1. The zero-order valence-electron chi connectivity index (χ0n) is 9.70. The maximum Gasteiger partial charge on any atom is 0.416 e. The molecule has 1 saturated heterocycles. The highest BCUT2D eigenvalue weighted by molar-refractivity contribution is 8.00. The molecule has 0 spiro atoms. The smallest absolute Gasteiger partial charge is 0.360 e. The molecule has 0 amide bonds. The molecule has 0 bridgehead atoms. The third kappa shape index (κ3) is 3.09. The zero-order chi connectivity index (χ0) is 13.2. The Hall–Kier alpha value is -0.920. The van der Waals surface area contributed by atoms with Crippen molar-refractivity contribution in [3.8, 4) is 0 Å². The van der Waals surface area contributed by atoms with Crippen LogP contribution >= 0.6 is 11.8 Å². The third-order valence-electron chi connectivity index (χ3n) is 2.61. The summed E-state index contributed by atoms with van der Waals surface area (Å²) in [6, 6.07) is 5.37. The topological polar surface area (TPSA) is 24.5 Å². The number of halogens is 3. The average molecular weight is 278 g/mol. The van der Waals surface area contributed by atoms with Gasteiger partial charge >= 0.3 is 6.18 Å². The number of benzene rings is 1. The van der Waals surface area contributed by atoms with Crippen molar-refractivity contribution in [3.63, 3.8) is 0 Å². The first-order valence-electron chi connectivity index (χ1n) is 5.33. The van der Waals surface area contributed by atoms with Gasteiger partial charge in [-0.15, -0.1) is 11.8 Å². The Morgan fingerprint density at radius 3 is 2.89 bits per heavy atom. The molecule has 1 N–H and O–H groups in total. The molecule has 1 aromatic carbocycles. The van der Waals surface area contributed by atoms with Crippen molar-refractivity contribution < 1.29 is 18.0 Å². The molecule has 1 aromatic rings. The minimum atomic E-state index is -4.30. The zero-order valence-corrected chi connectivity index (χ0v) is 10.5. The van der Waals surface area contributed by atoms with E-state index < -0.39 is 11.7 Å². The van der Waals surface area contributed by atoms with Crippen LogP contribution in [0.1, 0.15) is 5.56 Å². The normalized spacial score (nSPS) is 20.4. The molecule has 0 radical (unpaired) electrons. The summed E-state index contributed by atoms with van der Waals surface area (Å²) in [6.45, 7) is 0.611. The van der Waals surface area contributed by atoms with E-state index in [1.165, 1.54) is 19.2 Å². The quantitative estimate of drug-likeness (QED) is 0.859. The van der Waals surface area contributed by atoms with Crippen molar-refractivity contribution in [2.75, 3.05) is 24.4 Å². The number of hydrogen-bond donors (Lipinski definition) is 1. The first-order valence-corrected chi connectivity index (χ1v) is 6.38. The molecule has 18 heavy (non-hydrogen) atoms. The second-order valence-electron chi connectivity index (χ2n) is 3.88. The van der Waals surface area contributed by atoms with E-state index >= 15 is 0 Å². The van der Waals surface area contributed by atoms with E-state index in [2.05, 4.69) is 5.48 Å². The maximum absolute atomic E-state index is 12.6. The van der Waals surface area contributed by atoms with Gasteiger partial charge in [-0.3, -0.25) is 0 Å². The van der Waals surface area contributed by atoms with Gasteiger partial charge in [-0.25, -0.2) is 0 Å². The first-order chi connectivity index (χ1) is 8.50. The van der Waals surface area contributed by atoms with Crippen LogP contribution in [0.4, 0.5) is 18.9 Å². The van der Waals surface area contributed by atoms with Gasteiger partial charge in [0.2, 0.25) is 0 Å². The van der Waals surface area contributed by atoms with E-state index in [9.17, 15) is 13.2 Å². The van der Waals surface area contributed by atoms with Crippen LogP contribution in [0.25, 0.3) is 0 Å². The molecule has 1 atom stereocenters. The predicted octanol–water partition coefficient (Wildman–Crippen LogP) is 2.69. The molecule has 7 heteroatoms. The molecule has 1 heterocycles. The predicted molar refractivity (Wildman–Crippen MR) is 65.2 cm³/mol. The van der Waals surface area contributed by atoms with Gasteiger partial charge in [0.05, 0.1) is 23.9 Å². The number of alkyl halides is 3. The van der Waals surface area contributed by atoms with Gasteiger partial charge in [-0.1, -0.05) is 6.07 Å². The van der Waals surface area contributed by atoms with Crippen LogP contribution in [0, 0.1) is 0 Å². The van der Waals surface area contributed by atoms with Gasteiger partial charge in [0.25, 0.3) is 0 Å². The fraction of sp³-hybridized carbons (Fsp3) is 0.455. The SMILES string of the molecule is CONC1CN(c2cccc(C(F)(F)F)c2)CS1. The summed E-state index contributed by atoms with van der Waals surface area (Å²) < 4.78 is 37.8. The van der Waals surface area contributed by atoms with Gasteiger partial charge in [-0.05, 0) is 18.2 Å². The number of nitrogens with one attached hydrogen (secondary N) is 1. The molecule has 100 valence electrons. The van der Waals surface area contributed by atoms with Gasteiger partial charge in [0.15, 0.2) is 0 Å². The van der Waals surface area contributed by atoms with Gasteiger partial charge in [0.1, 0.15) is 0 Å². The molecule has 1 fully saturated rings. The van der Waals surface area contributed by atoms with Gasteiger partial charge in [0, 0.05) is 12.2 Å². The molecular weight excluding hydrogens is 265 g/mol. The highest BCUT2D eigenvalue weighted by Gasteiger charge is 2.31. The van der Waals surface area contributed by atoms with E-state index in [1.54, 1.807) is 17.8 Å². The molecule has 2 rings (SSSR count). The van der Waals surface area contributed by atoms with Crippen LogP contribution in [0.15, 0.2) is 24.3 Å². The number of hydroxylamine groups is 1. The standard InChI is InChI=1S/C11H13F3N2OS/c1-17-15-10-6-16(7-18-10)9-4-2-3-8(5-9)11(12,13)14/h2-5,10,15H,6-7H2,1H3. The van der Waals surface area contributed by atoms with Gasteiger partial charge in [-0.2, -0.15) is 18.7 Å². The molecule has 0 saturated carbocycles. The summed E-state index contributed by atoms with van der Waals surface area (Å²) in [5.41, 5.74) is 2.75. The number of rotatable bonds is 3.